The van der Waals surface area contributed by atoms with E-state index in [0.717, 1.165) is 35.9 Å². The van der Waals surface area contributed by atoms with E-state index in [9.17, 15) is 57.1 Å². The molecule has 2 fully saturated rings. The lowest BCUT2D eigenvalue weighted by Gasteiger charge is -2.27. The number of rotatable bonds is 26. The Morgan fingerprint density at radius 2 is 1.39 bits per heavy atom. The topological polar surface area (TPSA) is 423 Å². The van der Waals surface area contributed by atoms with Crippen molar-refractivity contribution >= 4 is 87.8 Å². The highest BCUT2D eigenvalue weighted by Crippen LogP contribution is 2.33. The lowest BCUT2D eigenvalue weighted by molar-refractivity contribution is -0.136. The van der Waals surface area contributed by atoms with E-state index in [1.807, 2.05) is 47.6 Å². The maximum atomic E-state index is 14.7. The number of para-hydroxylation sites is 1. The Morgan fingerprint density at radius 1 is 0.726 bits per heavy atom. The first-order valence-corrected chi connectivity index (χ1v) is 33.1. The zero-order chi connectivity index (χ0) is 68.6. The van der Waals surface area contributed by atoms with Gasteiger partial charge in [-0.25, -0.2) is 9.18 Å². The minimum absolute atomic E-state index is 0.0105. The van der Waals surface area contributed by atoms with Crippen LogP contribution in [0.3, 0.4) is 0 Å². The number of carbonyl (C=O) groups is 11. The largest absolute Gasteiger partial charge is 0.377 e. The van der Waals surface area contributed by atoms with Crippen LogP contribution in [0.4, 0.5) is 9.18 Å². The van der Waals surface area contributed by atoms with Gasteiger partial charge in [0.05, 0.1) is 57.2 Å². The molecule has 10 atom stereocenters. The molecular weight excluding hydrogens is 1260 g/mol. The van der Waals surface area contributed by atoms with Crippen molar-refractivity contribution in [3.8, 4) is 0 Å². The molecule has 2 saturated heterocycles. The van der Waals surface area contributed by atoms with Crippen LogP contribution < -0.4 is 64.6 Å². The summed E-state index contributed by atoms with van der Waals surface area (Å²) in [7, 11) is 1.81. The molecule has 4 aromatic rings. The molecular formula is C63H89FN16O14S. The van der Waals surface area contributed by atoms with Crippen molar-refractivity contribution in [2.45, 2.75) is 164 Å². The summed E-state index contributed by atoms with van der Waals surface area (Å²) in [5, 5.41) is 36.6. The van der Waals surface area contributed by atoms with Gasteiger partial charge in [-0.3, -0.25) is 52.6 Å². The van der Waals surface area contributed by atoms with Gasteiger partial charge in [-0.2, -0.15) is 11.8 Å². The molecule has 12 amide bonds. The zero-order valence-corrected chi connectivity index (χ0v) is 54.7. The number of primary amides is 2. The van der Waals surface area contributed by atoms with Crippen molar-refractivity contribution < 1.29 is 71.3 Å². The number of carbonyl (C=O) groups excluding carboxylic acids is 11. The summed E-state index contributed by atoms with van der Waals surface area (Å²) in [5.74, 6) is -7.96. The number of hydrogen-bond acceptors (Lipinski definition) is 17. The average molecular weight is 1350 g/mol. The van der Waals surface area contributed by atoms with Crippen LogP contribution in [0.5, 0.6) is 0 Å². The van der Waals surface area contributed by atoms with Gasteiger partial charge < -0.3 is 83.4 Å². The van der Waals surface area contributed by atoms with E-state index < -0.39 is 114 Å². The fraction of sp³-hybridized carbons (Fsp3) is 0.571. The number of aromatic nitrogens is 4. The molecule has 1 unspecified atom stereocenters. The Morgan fingerprint density at radius 3 is 2.13 bits per heavy atom. The van der Waals surface area contributed by atoms with Crippen LogP contribution in [0.15, 0.2) is 60.9 Å². The second kappa shape index (κ2) is 36.8. The molecule has 3 aliphatic rings. The van der Waals surface area contributed by atoms with Gasteiger partial charge in [0, 0.05) is 80.1 Å². The predicted molar refractivity (Wildman–Crippen MR) is 345 cm³/mol. The maximum Gasteiger partial charge on any atom is 0.315 e. The Balaban J connectivity index is 0.995. The van der Waals surface area contributed by atoms with E-state index in [4.69, 9.17) is 25.7 Å². The molecule has 0 saturated carbocycles. The lowest BCUT2D eigenvalue weighted by atomic mass is 10.0. The Bertz CT molecular complexity index is 3320. The maximum absolute atomic E-state index is 14.7. The second-order valence-electron chi connectivity index (χ2n) is 24.3. The molecule has 2 bridgehead atoms. The molecule has 7 rings (SSSR count). The average Bonchev–Trinajstić information content (AvgIpc) is 1.70. The molecule has 30 nitrogen and oxygen atoms in total. The van der Waals surface area contributed by atoms with Gasteiger partial charge in [-0.15, -0.1) is 5.10 Å². The third kappa shape index (κ3) is 23.6. The van der Waals surface area contributed by atoms with Crippen molar-refractivity contribution in [3.63, 3.8) is 0 Å². The number of hydrogen-bond donors (Lipinski definition) is 12. The quantitative estimate of drug-likeness (QED) is 0.0260. The van der Waals surface area contributed by atoms with Crippen LogP contribution in [-0.4, -0.2) is 196 Å². The van der Waals surface area contributed by atoms with Crippen LogP contribution in [-0.2, 0) is 95.0 Å². The van der Waals surface area contributed by atoms with Crippen molar-refractivity contribution in [2.75, 3.05) is 51.9 Å². The molecule has 2 aromatic heterocycles. The number of nitrogens with one attached hydrogen (secondary N) is 10. The molecule has 5 heterocycles. The smallest absolute Gasteiger partial charge is 0.315 e. The van der Waals surface area contributed by atoms with E-state index in [1.165, 1.54) is 42.1 Å². The van der Waals surface area contributed by atoms with Gasteiger partial charge in [0.15, 0.2) is 0 Å². The number of unbranched alkanes of at least 4 members (excludes halogenated alkanes) is 1. The summed E-state index contributed by atoms with van der Waals surface area (Å²) < 4.78 is 34.1. The standard InChI is InChI=1S/C63H89FN16O14S/c1-36(2)27-44-58(86)68-37(3)57(85)71-46(29-39-32-79(4)50-13-6-5-11-42(39)50)60(88)73-45(28-38-16-18-40(64)19-17-38)59(87)70-43(56(66)84)12-9-10-21-80-33-41(77-78-80)30-47(61(89)74-48(31-52(65)81)62(90)72-44)69-54(83)34-94-26-25-93-24-23-92-22-20-67-53(82)15-8-7-14-51-55-49(35-95-51)75-63(91)76-55/h5-6,11,13,16-19,32-33,36-37,43-49,51,55H,7-10,12,14-15,20-31,34-35H2,1-4H3,(H2,65,81)(H2,66,84)(H,67,82)(H,68,86)(H,69,83)(H,70,87)(H,71,85)(H,72,90)(H,73,88)(H,74,89)(H2,75,76,91)/t37-,43+,44-,45+,46+,47+,48-,49-,51?,55-/m1/s1. The Kier molecular flexibility index (Phi) is 28.5. The number of aryl methyl sites for hydroxylation is 2. The normalized spacial score (nSPS) is 23.6. The highest BCUT2D eigenvalue weighted by molar-refractivity contribution is 8.00. The van der Waals surface area contributed by atoms with Gasteiger partial charge in [0.2, 0.25) is 59.1 Å². The summed E-state index contributed by atoms with van der Waals surface area (Å²) in [6, 6.07) is 2.77. The number of amides is 12. The van der Waals surface area contributed by atoms with Crippen LogP contribution in [0.1, 0.15) is 95.4 Å². The Hall–Kier alpha value is -8.75. The molecule has 95 heavy (non-hydrogen) atoms. The highest BCUT2D eigenvalue weighted by atomic mass is 32.2. The summed E-state index contributed by atoms with van der Waals surface area (Å²) in [6.45, 7) is 5.56. The summed E-state index contributed by atoms with van der Waals surface area (Å²) in [4.78, 5) is 149. The third-order valence-corrected chi connectivity index (χ3v) is 17.7. The van der Waals surface area contributed by atoms with Crippen LogP contribution >= 0.6 is 11.8 Å². The van der Waals surface area contributed by atoms with E-state index in [-0.39, 0.29) is 107 Å². The number of fused-ring (bicyclic) bond motifs is 4. The van der Waals surface area contributed by atoms with Crippen LogP contribution in [0.2, 0.25) is 0 Å². The molecule has 518 valence electrons. The minimum atomic E-state index is -1.70. The van der Waals surface area contributed by atoms with Gasteiger partial charge >= 0.3 is 6.03 Å². The van der Waals surface area contributed by atoms with Crippen LogP contribution in [0, 0.1) is 11.7 Å². The summed E-state index contributed by atoms with van der Waals surface area (Å²) in [6.07, 6.45) is 5.52. The zero-order valence-electron chi connectivity index (χ0n) is 53.9. The van der Waals surface area contributed by atoms with Gasteiger partial charge in [-0.1, -0.05) is 55.8 Å². The van der Waals surface area contributed by atoms with E-state index >= 15 is 0 Å². The Labute approximate surface area is 553 Å². The number of benzene rings is 2. The van der Waals surface area contributed by atoms with E-state index in [2.05, 4.69) is 63.5 Å². The number of ether oxygens (including phenoxy) is 3. The molecule has 0 aliphatic carbocycles. The SMILES string of the molecule is CC(C)C[C@H]1NC(=O)[C@@H](CC(N)=O)NC(=O)[C@@H](NC(=O)COCCOCCOCCNC(=O)CCCCC2SC[C@H]3NC(=O)N[C@@H]23)Cc2cn(nn2)CCCC[C@@H](C(N)=O)NC(=O)[C@H](Cc2ccc(F)cc2)NC(=O)[C@H](Cc2cn(C)c3ccccc23)NC(=O)[C@@H](C)NC1=O. The summed E-state index contributed by atoms with van der Waals surface area (Å²) >= 11 is 1.84. The second-order valence-corrected chi connectivity index (χ2v) is 25.6. The molecule has 2 aromatic carbocycles. The first kappa shape index (κ1) is 73.7. The van der Waals surface area contributed by atoms with E-state index in [0.29, 0.717) is 42.2 Å². The fourth-order valence-electron chi connectivity index (χ4n) is 11.3. The number of halogens is 1. The van der Waals surface area contributed by atoms with Gasteiger partial charge in [0.25, 0.3) is 0 Å². The highest BCUT2D eigenvalue weighted by Gasteiger charge is 2.43. The fourth-order valence-corrected chi connectivity index (χ4v) is 12.8. The minimum Gasteiger partial charge on any atom is -0.377 e. The first-order chi connectivity index (χ1) is 45.5. The van der Waals surface area contributed by atoms with Crippen molar-refractivity contribution in [1.82, 2.24) is 72.7 Å². The van der Waals surface area contributed by atoms with Crippen molar-refractivity contribution in [3.05, 3.63) is 83.6 Å². The molecule has 32 heteroatoms. The predicted octanol–water partition coefficient (Wildman–Crippen LogP) is -1.17. The van der Waals surface area contributed by atoms with Crippen LogP contribution in [0.25, 0.3) is 10.9 Å². The number of nitrogens with zero attached hydrogens (tertiary/aromatic N) is 4. The number of thioether (sulfide) groups is 1. The van der Waals surface area contributed by atoms with Gasteiger partial charge in [-0.05, 0) is 80.7 Å². The molecule has 14 N–H and O–H groups in total. The monoisotopic (exact) mass is 1340 g/mol. The van der Waals surface area contributed by atoms with E-state index in [1.54, 1.807) is 20.0 Å². The first-order valence-electron chi connectivity index (χ1n) is 32.0. The number of urea groups is 1. The molecule has 0 radical (unpaired) electrons. The summed E-state index contributed by atoms with van der Waals surface area (Å²) in [5.41, 5.74) is 13.5. The van der Waals surface area contributed by atoms with Gasteiger partial charge in [0.1, 0.15) is 54.7 Å². The third-order valence-electron chi connectivity index (χ3n) is 16.2. The van der Waals surface area contributed by atoms with Crippen molar-refractivity contribution in [2.24, 2.45) is 24.4 Å². The molecule has 0 spiro atoms. The van der Waals surface area contributed by atoms with Crippen molar-refractivity contribution in [1.29, 1.82) is 0 Å². The number of nitrogens with two attached hydrogens (primary N) is 2. The lowest BCUT2D eigenvalue weighted by Crippen LogP contribution is -2.60. The molecule has 3 aliphatic heterocycles.